The summed E-state index contributed by atoms with van der Waals surface area (Å²) in [5.74, 6) is 0.889. The summed E-state index contributed by atoms with van der Waals surface area (Å²) in [6, 6.07) is 1.60. The highest BCUT2D eigenvalue weighted by Gasteiger charge is 2.03. The second kappa shape index (κ2) is 3.51. The standard InChI is InChI=1S/C7H7ClN6/c8-4-1-5(9)6(10-2-4)13-7-11-3-12-14-7/h1-3H,9H2,(H2,10,11,12,13,14). The van der Waals surface area contributed by atoms with Crippen molar-refractivity contribution in [1.29, 1.82) is 0 Å². The molecule has 0 aromatic carbocycles. The zero-order valence-corrected chi connectivity index (χ0v) is 7.78. The van der Waals surface area contributed by atoms with Crippen LogP contribution in [-0.4, -0.2) is 20.2 Å². The Balaban J connectivity index is 2.25. The number of nitrogens with zero attached hydrogens (tertiary/aromatic N) is 3. The second-order valence-electron chi connectivity index (χ2n) is 2.54. The van der Waals surface area contributed by atoms with Crippen molar-refractivity contribution >= 4 is 29.1 Å². The molecule has 0 amide bonds. The van der Waals surface area contributed by atoms with Gasteiger partial charge in [0.05, 0.1) is 10.7 Å². The van der Waals surface area contributed by atoms with Gasteiger partial charge in [-0.3, -0.25) is 5.10 Å². The van der Waals surface area contributed by atoms with Gasteiger partial charge in [0.15, 0.2) is 5.82 Å². The monoisotopic (exact) mass is 210 g/mol. The SMILES string of the molecule is Nc1cc(Cl)cnc1Nc1nc[nH]n1. The molecule has 0 radical (unpaired) electrons. The smallest absolute Gasteiger partial charge is 0.247 e. The highest BCUT2D eigenvalue weighted by molar-refractivity contribution is 6.30. The molecule has 0 aliphatic carbocycles. The molecule has 2 heterocycles. The highest BCUT2D eigenvalue weighted by atomic mass is 35.5. The van der Waals surface area contributed by atoms with Crippen molar-refractivity contribution in [2.45, 2.75) is 0 Å². The van der Waals surface area contributed by atoms with E-state index in [1.165, 1.54) is 12.5 Å². The van der Waals surface area contributed by atoms with Gasteiger partial charge in [0.2, 0.25) is 5.95 Å². The number of H-pyrrole nitrogens is 1. The van der Waals surface area contributed by atoms with Gasteiger partial charge in [-0.25, -0.2) is 9.97 Å². The first-order valence-corrected chi connectivity index (χ1v) is 4.17. The van der Waals surface area contributed by atoms with Crippen LogP contribution in [0.5, 0.6) is 0 Å². The van der Waals surface area contributed by atoms with Crippen LogP contribution in [-0.2, 0) is 0 Å². The Kier molecular flexibility index (Phi) is 2.19. The third kappa shape index (κ3) is 1.74. The van der Waals surface area contributed by atoms with Crippen LogP contribution in [0.2, 0.25) is 5.02 Å². The van der Waals surface area contributed by atoms with Gasteiger partial charge in [-0.1, -0.05) is 11.6 Å². The number of aromatic amines is 1. The van der Waals surface area contributed by atoms with Crippen LogP contribution >= 0.6 is 11.6 Å². The molecule has 2 aromatic heterocycles. The van der Waals surface area contributed by atoms with Gasteiger partial charge in [-0.2, -0.15) is 0 Å². The van der Waals surface area contributed by atoms with E-state index >= 15 is 0 Å². The molecular formula is C7H7ClN6. The minimum atomic E-state index is 0.409. The molecule has 6 nitrogen and oxygen atoms in total. The van der Waals surface area contributed by atoms with Gasteiger partial charge in [0.25, 0.3) is 0 Å². The first kappa shape index (κ1) is 8.76. The Morgan fingerprint density at radius 3 is 2.93 bits per heavy atom. The Labute approximate surface area is 84.5 Å². The van der Waals surface area contributed by atoms with Crippen molar-refractivity contribution in [2.75, 3.05) is 11.1 Å². The summed E-state index contributed by atoms with van der Waals surface area (Å²) in [6.07, 6.45) is 2.95. The van der Waals surface area contributed by atoms with Gasteiger partial charge >= 0.3 is 0 Å². The van der Waals surface area contributed by atoms with Crippen LogP contribution in [0, 0.1) is 0 Å². The Morgan fingerprint density at radius 1 is 1.43 bits per heavy atom. The van der Waals surface area contributed by atoms with Crippen molar-refractivity contribution < 1.29 is 0 Å². The minimum Gasteiger partial charge on any atom is -0.396 e. The molecule has 0 unspecified atom stereocenters. The molecule has 72 valence electrons. The predicted molar refractivity (Wildman–Crippen MR) is 53.3 cm³/mol. The lowest BCUT2D eigenvalue weighted by molar-refractivity contribution is 1.09. The molecule has 0 aliphatic rings. The quantitative estimate of drug-likeness (QED) is 0.692. The van der Waals surface area contributed by atoms with Gasteiger partial charge in [-0.05, 0) is 6.07 Å². The first-order chi connectivity index (χ1) is 6.75. The topological polar surface area (TPSA) is 92.5 Å². The van der Waals surface area contributed by atoms with Crippen molar-refractivity contribution in [2.24, 2.45) is 0 Å². The summed E-state index contributed by atoms with van der Waals surface area (Å²) in [5, 5.41) is 9.68. The molecule has 0 aliphatic heterocycles. The number of nitrogens with one attached hydrogen (secondary N) is 2. The summed E-state index contributed by atoms with van der Waals surface area (Å²) in [6.45, 7) is 0. The Hall–Kier alpha value is -1.82. The van der Waals surface area contributed by atoms with Crippen LogP contribution in [0.4, 0.5) is 17.5 Å². The van der Waals surface area contributed by atoms with E-state index < -0.39 is 0 Å². The Morgan fingerprint density at radius 2 is 2.29 bits per heavy atom. The number of pyridine rings is 1. The van der Waals surface area contributed by atoms with Gasteiger partial charge < -0.3 is 11.1 Å². The molecular weight excluding hydrogens is 204 g/mol. The molecule has 2 aromatic rings. The highest BCUT2D eigenvalue weighted by Crippen LogP contribution is 2.21. The second-order valence-corrected chi connectivity index (χ2v) is 2.98. The van der Waals surface area contributed by atoms with E-state index in [0.29, 0.717) is 22.5 Å². The summed E-state index contributed by atoms with van der Waals surface area (Å²) in [5.41, 5.74) is 6.11. The lowest BCUT2D eigenvalue weighted by Gasteiger charge is -2.03. The molecule has 0 bridgehead atoms. The fraction of sp³-hybridized carbons (Fsp3) is 0. The normalized spacial score (nSPS) is 10.1. The lowest BCUT2D eigenvalue weighted by atomic mass is 10.4. The van der Waals surface area contributed by atoms with Gasteiger partial charge in [-0.15, -0.1) is 5.10 Å². The van der Waals surface area contributed by atoms with E-state index in [1.54, 1.807) is 6.07 Å². The summed E-state index contributed by atoms with van der Waals surface area (Å²) in [7, 11) is 0. The Bertz CT molecular complexity index is 426. The van der Waals surface area contributed by atoms with Crippen molar-refractivity contribution in [3.63, 3.8) is 0 Å². The fourth-order valence-corrected chi connectivity index (χ4v) is 1.10. The molecule has 0 atom stereocenters. The van der Waals surface area contributed by atoms with Crippen molar-refractivity contribution in [3.05, 3.63) is 23.6 Å². The maximum absolute atomic E-state index is 5.69. The van der Waals surface area contributed by atoms with Crippen molar-refractivity contribution in [1.82, 2.24) is 20.2 Å². The maximum Gasteiger partial charge on any atom is 0.247 e. The zero-order chi connectivity index (χ0) is 9.97. The lowest BCUT2D eigenvalue weighted by Crippen LogP contribution is -2.00. The van der Waals surface area contributed by atoms with Crippen LogP contribution in [0.3, 0.4) is 0 Å². The molecule has 7 heteroatoms. The number of anilines is 3. The average molecular weight is 211 g/mol. The number of aromatic nitrogens is 4. The maximum atomic E-state index is 5.69. The number of rotatable bonds is 2. The number of hydrogen-bond acceptors (Lipinski definition) is 5. The van der Waals surface area contributed by atoms with Crippen LogP contribution < -0.4 is 11.1 Å². The molecule has 4 N–H and O–H groups in total. The van der Waals surface area contributed by atoms with E-state index in [9.17, 15) is 0 Å². The van der Waals surface area contributed by atoms with Gasteiger partial charge in [0, 0.05) is 6.20 Å². The number of hydrogen-bond donors (Lipinski definition) is 3. The van der Waals surface area contributed by atoms with E-state index in [4.69, 9.17) is 17.3 Å². The number of nitrogen functional groups attached to an aromatic ring is 1. The summed E-state index contributed by atoms with van der Waals surface area (Å²) < 4.78 is 0. The number of halogens is 1. The van der Waals surface area contributed by atoms with Gasteiger partial charge in [0.1, 0.15) is 6.33 Å². The third-order valence-corrected chi connectivity index (χ3v) is 1.74. The molecule has 0 fully saturated rings. The average Bonchev–Trinajstić information content (AvgIpc) is 2.62. The largest absolute Gasteiger partial charge is 0.396 e. The fourth-order valence-electron chi connectivity index (χ4n) is 0.934. The summed E-state index contributed by atoms with van der Waals surface area (Å²) in [4.78, 5) is 7.86. The number of nitrogens with two attached hydrogens (primary N) is 1. The van der Waals surface area contributed by atoms with Crippen molar-refractivity contribution in [3.8, 4) is 0 Å². The minimum absolute atomic E-state index is 0.409. The molecule has 14 heavy (non-hydrogen) atoms. The van der Waals surface area contributed by atoms with Crippen LogP contribution in [0.25, 0.3) is 0 Å². The third-order valence-electron chi connectivity index (χ3n) is 1.53. The first-order valence-electron chi connectivity index (χ1n) is 3.79. The van der Waals surface area contributed by atoms with E-state index in [2.05, 4.69) is 25.5 Å². The van der Waals surface area contributed by atoms with E-state index in [0.717, 1.165) is 0 Å². The predicted octanol–water partition coefficient (Wildman–Crippen LogP) is 1.18. The molecule has 0 saturated heterocycles. The van der Waals surface area contributed by atoms with E-state index in [-0.39, 0.29) is 0 Å². The zero-order valence-electron chi connectivity index (χ0n) is 7.03. The van der Waals surface area contributed by atoms with Crippen LogP contribution in [0.15, 0.2) is 18.6 Å². The van der Waals surface area contributed by atoms with E-state index in [1.807, 2.05) is 0 Å². The molecule has 0 saturated carbocycles. The van der Waals surface area contributed by atoms with Crippen LogP contribution in [0.1, 0.15) is 0 Å². The molecule has 2 rings (SSSR count). The summed E-state index contributed by atoms with van der Waals surface area (Å²) >= 11 is 5.69. The molecule has 0 spiro atoms.